The summed E-state index contributed by atoms with van der Waals surface area (Å²) in [7, 11) is -3.86. The lowest BCUT2D eigenvalue weighted by Gasteiger charge is -2.13. The van der Waals surface area contributed by atoms with E-state index in [0.717, 1.165) is 36.8 Å². The quantitative estimate of drug-likeness (QED) is 0.346. The molecule has 8 nitrogen and oxygen atoms in total. The van der Waals surface area contributed by atoms with Gasteiger partial charge in [0, 0.05) is 23.3 Å². The summed E-state index contributed by atoms with van der Waals surface area (Å²) in [6.07, 6.45) is 4.17. The second-order valence-electron chi connectivity index (χ2n) is 9.29. The van der Waals surface area contributed by atoms with Crippen LogP contribution in [-0.2, 0) is 34.2 Å². The molecule has 2 N–H and O–H groups in total. The summed E-state index contributed by atoms with van der Waals surface area (Å²) in [6, 6.07) is 10.6. The van der Waals surface area contributed by atoms with Gasteiger partial charge in [0.2, 0.25) is 10.0 Å². The van der Waals surface area contributed by atoms with Crippen molar-refractivity contribution in [1.82, 2.24) is 9.71 Å². The van der Waals surface area contributed by atoms with Crippen LogP contribution in [0.2, 0.25) is 0 Å². The van der Waals surface area contributed by atoms with Gasteiger partial charge < -0.3 is 5.11 Å². The SMILES string of the molecule is Cc1ccc(CC(=O)Cc2nc(CNS(=O)(=O)c3ccc(C(=O)O)cc3)cs2)c(C(=O)C2CCCC2)c1. The van der Waals surface area contributed by atoms with Gasteiger partial charge in [0.25, 0.3) is 0 Å². The van der Waals surface area contributed by atoms with Crippen LogP contribution in [0.5, 0.6) is 0 Å². The molecule has 0 spiro atoms. The first kappa shape index (κ1) is 26.8. The van der Waals surface area contributed by atoms with Crippen LogP contribution in [0.25, 0.3) is 0 Å². The number of aromatic carboxylic acids is 1. The smallest absolute Gasteiger partial charge is 0.335 e. The molecule has 3 aromatic rings. The lowest BCUT2D eigenvalue weighted by molar-refractivity contribution is -0.117. The molecule has 0 radical (unpaired) electrons. The summed E-state index contributed by atoms with van der Waals surface area (Å²) in [5.74, 6) is -1.04. The fourth-order valence-corrected chi connectivity index (χ4v) is 6.29. The van der Waals surface area contributed by atoms with E-state index in [4.69, 9.17) is 5.11 Å². The molecule has 1 aliphatic carbocycles. The van der Waals surface area contributed by atoms with Crippen molar-refractivity contribution in [3.8, 4) is 0 Å². The summed E-state index contributed by atoms with van der Waals surface area (Å²) in [4.78, 5) is 41.2. The van der Waals surface area contributed by atoms with Crippen LogP contribution in [0.3, 0.4) is 0 Å². The van der Waals surface area contributed by atoms with E-state index in [0.29, 0.717) is 16.3 Å². The minimum Gasteiger partial charge on any atom is -0.478 e. The maximum Gasteiger partial charge on any atom is 0.335 e. The van der Waals surface area contributed by atoms with Gasteiger partial charge in [-0.15, -0.1) is 11.3 Å². The number of aromatic nitrogens is 1. The molecule has 37 heavy (non-hydrogen) atoms. The Morgan fingerprint density at radius 1 is 1.05 bits per heavy atom. The second kappa shape index (κ2) is 11.5. The van der Waals surface area contributed by atoms with Crippen molar-refractivity contribution in [3.05, 3.63) is 80.8 Å². The third-order valence-corrected chi connectivity index (χ3v) is 8.76. The van der Waals surface area contributed by atoms with E-state index in [9.17, 15) is 22.8 Å². The Hall–Kier alpha value is -3.21. The van der Waals surface area contributed by atoms with E-state index in [1.807, 2.05) is 25.1 Å². The molecule has 10 heteroatoms. The molecule has 0 amide bonds. The second-order valence-corrected chi connectivity index (χ2v) is 12.0. The van der Waals surface area contributed by atoms with Crippen molar-refractivity contribution in [2.45, 2.75) is 56.9 Å². The van der Waals surface area contributed by atoms with Gasteiger partial charge in [-0.25, -0.2) is 22.9 Å². The molecule has 194 valence electrons. The number of aryl methyl sites for hydroxylation is 1. The third kappa shape index (κ3) is 6.76. The molecule has 0 saturated heterocycles. The van der Waals surface area contributed by atoms with Gasteiger partial charge in [-0.05, 0) is 55.7 Å². The van der Waals surface area contributed by atoms with Crippen molar-refractivity contribution in [2.75, 3.05) is 0 Å². The normalized spacial score (nSPS) is 14.1. The fraction of sp³-hybridized carbons (Fsp3) is 0.333. The molecule has 0 unspecified atom stereocenters. The van der Waals surface area contributed by atoms with Crippen LogP contribution in [0.4, 0.5) is 0 Å². The number of nitrogens with one attached hydrogen (secondary N) is 1. The molecule has 1 saturated carbocycles. The van der Waals surface area contributed by atoms with Gasteiger partial charge in [-0.2, -0.15) is 0 Å². The molecular weight excluding hydrogens is 512 g/mol. The first-order valence-electron chi connectivity index (χ1n) is 12.0. The number of benzene rings is 2. The average Bonchev–Trinajstić information content (AvgIpc) is 3.56. The molecular formula is C27H28N2O6S2. The zero-order valence-electron chi connectivity index (χ0n) is 20.4. The average molecular weight is 541 g/mol. The Labute approximate surface area is 219 Å². The highest BCUT2D eigenvalue weighted by Gasteiger charge is 2.26. The van der Waals surface area contributed by atoms with Gasteiger partial charge in [0.1, 0.15) is 10.8 Å². The minimum atomic E-state index is -3.86. The number of ketones is 2. The predicted octanol–water partition coefficient (Wildman–Crippen LogP) is 4.36. The monoisotopic (exact) mass is 540 g/mol. The number of thiazole rings is 1. The molecule has 0 atom stereocenters. The summed E-state index contributed by atoms with van der Waals surface area (Å²) in [5, 5.41) is 11.2. The van der Waals surface area contributed by atoms with Gasteiger partial charge in [-0.3, -0.25) is 9.59 Å². The number of carboxylic acids is 1. The number of rotatable bonds is 11. The Morgan fingerprint density at radius 2 is 1.76 bits per heavy atom. The lowest BCUT2D eigenvalue weighted by atomic mass is 9.90. The van der Waals surface area contributed by atoms with Crippen molar-refractivity contribution < 1.29 is 27.9 Å². The highest BCUT2D eigenvalue weighted by atomic mass is 32.2. The number of sulfonamides is 1. The fourth-order valence-electron chi connectivity index (χ4n) is 4.47. The molecule has 1 aliphatic rings. The molecule has 2 aromatic carbocycles. The van der Waals surface area contributed by atoms with Gasteiger partial charge in [-0.1, -0.05) is 30.5 Å². The molecule has 1 heterocycles. The third-order valence-electron chi connectivity index (χ3n) is 6.45. The van der Waals surface area contributed by atoms with Crippen molar-refractivity contribution >= 4 is 38.9 Å². The number of hydrogen-bond donors (Lipinski definition) is 2. The van der Waals surface area contributed by atoms with E-state index in [1.54, 1.807) is 5.38 Å². The van der Waals surface area contributed by atoms with E-state index in [-0.39, 0.29) is 47.3 Å². The summed E-state index contributed by atoms with van der Waals surface area (Å²) in [5.41, 5.74) is 2.85. The highest BCUT2D eigenvalue weighted by Crippen LogP contribution is 2.30. The van der Waals surface area contributed by atoms with Crippen molar-refractivity contribution in [1.29, 1.82) is 0 Å². The Bertz CT molecular complexity index is 1420. The molecule has 1 aromatic heterocycles. The van der Waals surface area contributed by atoms with Crippen LogP contribution >= 0.6 is 11.3 Å². The highest BCUT2D eigenvalue weighted by molar-refractivity contribution is 7.89. The Balaban J connectivity index is 1.36. The van der Waals surface area contributed by atoms with Crippen molar-refractivity contribution in [3.63, 3.8) is 0 Å². The molecule has 0 bridgehead atoms. The number of nitrogens with zero attached hydrogens (tertiary/aromatic N) is 1. The zero-order valence-corrected chi connectivity index (χ0v) is 22.0. The van der Waals surface area contributed by atoms with Gasteiger partial charge in [0.15, 0.2) is 5.78 Å². The standard InChI is InChI=1S/C27H28N2O6S2/c1-17-6-7-20(24(12-17)26(31)18-4-2-3-5-18)13-22(30)14-25-29-21(16-36-25)15-28-37(34,35)23-10-8-19(9-11-23)27(32)33/h6-12,16,18,28H,2-5,13-15H2,1H3,(H,32,33). The number of carbonyl (C=O) groups excluding carboxylic acids is 2. The van der Waals surface area contributed by atoms with E-state index >= 15 is 0 Å². The predicted molar refractivity (Wildman–Crippen MR) is 139 cm³/mol. The largest absolute Gasteiger partial charge is 0.478 e. The lowest BCUT2D eigenvalue weighted by Crippen LogP contribution is -2.23. The van der Waals surface area contributed by atoms with Crippen LogP contribution in [0.1, 0.15) is 68.2 Å². The van der Waals surface area contributed by atoms with E-state index < -0.39 is 16.0 Å². The van der Waals surface area contributed by atoms with Crippen LogP contribution < -0.4 is 4.72 Å². The number of Topliss-reactive ketones (excluding diaryl/α,β-unsaturated/α-hetero) is 2. The molecule has 4 rings (SSSR count). The van der Waals surface area contributed by atoms with Gasteiger partial charge in [0.05, 0.1) is 29.1 Å². The zero-order chi connectivity index (χ0) is 26.6. The molecule has 0 aliphatic heterocycles. The van der Waals surface area contributed by atoms with Crippen molar-refractivity contribution in [2.24, 2.45) is 5.92 Å². The first-order chi connectivity index (χ1) is 17.6. The first-order valence-corrected chi connectivity index (χ1v) is 14.4. The topological polar surface area (TPSA) is 130 Å². The Kier molecular flexibility index (Phi) is 8.31. The number of carboxylic acid groups (broad SMARTS) is 1. The maximum atomic E-state index is 13.1. The Morgan fingerprint density at radius 3 is 2.43 bits per heavy atom. The van der Waals surface area contributed by atoms with Crippen LogP contribution in [-0.4, -0.2) is 36.0 Å². The van der Waals surface area contributed by atoms with E-state index in [1.165, 1.54) is 35.6 Å². The van der Waals surface area contributed by atoms with Crippen LogP contribution in [0, 0.1) is 12.8 Å². The van der Waals surface area contributed by atoms with Gasteiger partial charge >= 0.3 is 5.97 Å². The minimum absolute atomic E-state index is 0.00609. The molecule has 1 fully saturated rings. The summed E-state index contributed by atoms with van der Waals surface area (Å²) < 4.78 is 27.5. The maximum absolute atomic E-state index is 13.1. The van der Waals surface area contributed by atoms with E-state index in [2.05, 4.69) is 9.71 Å². The van der Waals surface area contributed by atoms with Crippen LogP contribution in [0.15, 0.2) is 52.7 Å². The summed E-state index contributed by atoms with van der Waals surface area (Å²) >= 11 is 1.27. The number of carbonyl (C=O) groups is 3. The summed E-state index contributed by atoms with van der Waals surface area (Å²) in [6.45, 7) is 1.87. The number of hydrogen-bond acceptors (Lipinski definition) is 7.